The zero-order valence-corrected chi connectivity index (χ0v) is 11.5. The maximum atomic E-state index is 11.5. The molecule has 0 aliphatic carbocycles. The van der Waals surface area contributed by atoms with Crippen molar-refractivity contribution in [1.82, 2.24) is 10.3 Å². The fourth-order valence-corrected chi connectivity index (χ4v) is 1.83. The minimum atomic E-state index is -0.230. The molecule has 0 saturated heterocycles. The number of aromatic nitrogens is 1. The summed E-state index contributed by atoms with van der Waals surface area (Å²) in [6.45, 7) is 2.41. The Morgan fingerprint density at radius 2 is 2.10 bits per heavy atom. The van der Waals surface area contributed by atoms with E-state index in [4.69, 9.17) is 0 Å². The summed E-state index contributed by atoms with van der Waals surface area (Å²) in [6.07, 6.45) is 0. The van der Waals surface area contributed by atoms with E-state index in [-0.39, 0.29) is 11.7 Å². The third-order valence-corrected chi connectivity index (χ3v) is 2.90. The average molecular weight is 271 g/mol. The van der Waals surface area contributed by atoms with Gasteiger partial charge in [0.05, 0.1) is 0 Å². The highest BCUT2D eigenvalue weighted by Gasteiger charge is 2.06. The molecule has 1 heterocycles. The number of nitrogens with one attached hydrogen (secondary N) is 2. The number of phenols is 1. The van der Waals surface area contributed by atoms with Crippen molar-refractivity contribution in [2.24, 2.45) is 0 Å². The zero-order valence-electron chi connectivity index (χ0n) is 11.5. The smallest absolute Gasteiger partial charge is 0.269 e. The molecule has 0 fully saturated rings. The van der Waals surface area contributed by atoms with Crippen molar-refractivity contribution in [3.8, 4) is 5.75 Å². The van der Waals surface area contributed by atoms with Crippen LogP contribution in [0.2, 0.25) is 0 Å². The second-order valence-corrected chi connectivity index (χ2v) is 4.47. The Bertz CT molecular complexity index is 626. The number of carbonyl (C=O) groups excluding carboxylic acids is 1. The number of anilines is 1. The van der Waals surface area contributed by atoms with Gasteiger partial charge in [-0.15, -0.1) is 0 Å². The summed E-state index contributed by atoms with van der Waals surface area (Å²) in [7, 11) is 1.56. The van der Waals surface area contributed by atoms with Crippen molar-refractivity contribution in [3.05, 3.63) is 53.2 Å². The van der Waals surface area contributed by atoms with Gasteiger partial charge in [0, 0.05) is 19.2 Å². The molecule has 0 aliphatic heterocycles. The molecule has 0 saturated carbocycles. The molecule has 3 N–H and O–H groups in total. The van der Waals surface area contributed by atoms with Crippen molar-refractivity contribution in [3.63, 3.8) is 0 Å². The van der Waals surface area contributed by atoms with Crippen LogP contribution < -0.4 is 10.6 Å². The van der Waals surface area contributed by atoms with Crippen LogP contribution in [0.3, 0.4) is 0 Å². The van der Waals surface area contributed by atoms with Crippen molar-refractivity contribution in [2.45, 2.75) is 13.5 Å². The van der Waals surface area contributed by atoms with Crippen LogP contribution in [0.4, 0.5) is 5.82 Å². The standard InChI is InChI=1S/C15H17N3O2/c1-10-6-7-13(19)11(8-10)9-17-14-5-3-4-12(18-14)15(20)16-2/h3-8,19H,9H2,1-2H3,(H,16,20)(H,17,18). The molecular formula is C15H17N3O2. The summed E-state index contributed by atoms with van der Waals surface area (Å²) in [4.78, 5) is 15.7. The van der Waals surface area contributed by atoms with Gasteiger partial charge in [-0.1, -0.05) is 23.8 Å². The molecule has 2 aromatic rings. The van der Waals surface area contributed by atoms with Gasteiger partial charge in [-0.3, -0.25) is 4.79 Å². The molecule has 0 atom stereocenters. The van der Waals surface area contributed by atoms with E-state index < -0.39 is 0 Å². The van der Waals surface area contributed by atoms with Crippen LogP contribution in [0, 0.1) is 6.92 Å². The molecule has 1 aromatic heterocycles. The summed E-state index contributed by atoms with van der Waals surface area (Å²) in [5.74, 6) is 0.601. The van der Waals surface area contributed by atoms with Gasteiger partial charge >= 0.3 is 0 Å². The number of aromatic hydroxyl groups is 1. The summed E-state index contributed by atoms with van der Waals surface area (Å²) < 4.78 is 0. The lowest BCUT2D eigenvalue weighted by atomic mass is 10.1. The van der Waals surface area contributed by atoms with E-state index in [1.807, 2.05) is 19.1 Å². The molecule has 0 unspecified atom stereocenters. The Labute approximate surface area is 117 Å². The first-order chi connectivity index (χ1) is 9.60. The Kier molecular flexibility index (Phi) is 4.20. The number of aryl methyl sites for hydroxylation is 1. The van der Waals surface area contributed by atoms with Crippen LogP contribution in [0.25, 0.3) is 0 Å². The normalized spacial score (nSPS) is 10.1. The van der Waals surface area contributed by atoms with Crippen LogP contribution >= 0.6 is 0 Å². The molecule has 0 radical (unpaired) electrons. The molecule has 1 amide bonds. The summed E-state index contributed by atoms with van der Waals surface area (Å²) in [5, 5.41) is 15.4. The van der Waals surface area contributed by atoms with Crippen LogP contribution in [0.5, 0.6) is 5.75 Å². The van der Waals surface area contributed by atoms with Gasteiger partial charge in [0.15, 0.2) is 0 Å². The van der Waals surface area contributed by atoms with E-state index in [2.05, 4.69) is 15.6 Å². The first-order valence-electron chi connectivity index (χ1n) is 6.31. The van der Waals surface area contributed by atoms with Gasteiger partial charge in [-0.25, -0.2) is 4.98 Å². The van der Waals surface area contributed by atoms with E-state index in [0.29, 0.717) is 18.1 Å². The van der Waals surface area contributed by atoms with Crippen LogP contribution in [-0.2, 0) is 6.54 Å². The lowest BCUT2D eigenvalue weighted by Gasteiger charge is -2.09. The average Bonchev–Trinajstić information content (AvgIpc) is 2.47. The lowest BCUT2D eigenvalue weighted by molar-refractivity contribution is 0.0958. The van der Waals surface area contributed by atoms with Crippen molar-refractivity contribution in [2.75, 3.05) is 12.4 Å². The number of rotatable bonds is 4. The third kappa shape index (κ3) is 3.26. The van der Waals surface area contributed by atoms with Crippen molar-refractivity contribution >= 4 is 11.7 Å². The van der Waals surface area contributed by atoms with Crippen LogP contribution in [0.1, 0.15) is 21.6 Å². The van der Waals surface area contributed by atoms with Gasteiger partial charge in [0.25, 0.3) is 5.91 Å². The maximum absolute atomic E-state index is 11.5. The summed E-state index contributed by atoms with van der Waals surface area (Å²) >= 11 is 0. The Morgan fingerprint density at radius 3 is 2.85 bits per heavy atom. The quantitative estimate of drug-likeness (QED) is 0.796. The number of phenolic OH excluding ortho intramolecular Hbond substituents is 1. The highest BCUT2D eigenvalue weighted by Crippen LogP contribution is 2.19. The number of nitrogens with zero attached hydrogens (tertiary/aromatic N) is 1. The topological polar surface area (TPSA) is 74.2 Å². The minimum Gasteiger partial charge on any atom is -0.508 e. The first-order valence-corrected chi connectivity index (χ1v) is 6.31. The van der Waals surface area contributed by atoms with Crippen LogP contribution in [0.15, 0.2) is 36.4 Å². The Hall–Kier alpha value is -2.56. The van der Waals surface area contributed by atoms with Gasteiger partial charge < -0.3 is 15.7 Å². The van der Waals surface area contributed by atoms with Gasteiger partial charge in [-0.05, 0) is 25.1 Å². The highest BCUT2D eigenvalue weighted by molar-refractivity contribution is 5.92. The van der Waals surface area contributed by atoms with E-state index in [9.17, 15) is 9.90 Å². The molecule has 0 aliphatic rings. The number of benzene rings is 1. The molecule has 2 rings (SSSR count). The molecule has 5 heteroatoms. The molecule has 104 valence electrons. The second-order valence-electron chi connectivity index (χ2n) is 4.47. The number of amides is 1. The zero-order chi connectivity index (χ0) is 14.5. The predicted octanol–water partition coefficient (Wildman–Crippen LogP) is 2.07. The summed E-state index contributed by atoms with van der Waals surface area (Å²) in [6, 6.07) is 10.6. The van der Waals surface area contributed by atoms with E-state index in [1.165, 1.54) is 0 Å². The minimum absolute atomic E-state index is 0.230. The van der Waals surface area contributed by atoms with Crippen LogP contribution in [-0.4, -0.2) is 23.0 Å². The molecule has 5 nitrogen and oxygen atoms in total. The van der Waals surface area contributed by atoms with Gasteiger partial charge in [0.2, 0.25) is 0 Å². The van der Waals surface area contributed by atoms with E-state index in [1.54, 1.807) is 31.3 Å². The van der Waals surface area contributed by atoms with E-state index in [0.717, 1.165) is 11.1 Å². The maximum Gasteiger partial charge on any atom is 0.269 e. The molecule has 20 heavy (non-hydrogen) atoms. The van der Waals surface area contributed by atoms with Crippen molar-refractivity contribution in [1.29, 1.82) is 0 Å². The Morgan fingerprint density at radius 1 is 1.30 bits per heavy atom. The summed E-state index contributed by atoms with van der Waals surface area (Å²) in [5.41, 5.74) is 2.22. The third-order valence-electron chi connectivity index (χ3n) is 2.90. The molecule has 0 spiro atoms. The molecule has 1 aromatic carbocycles. The fraction of sp³-hybridized carbons (Fsp3) is 0.200. The number of hydrogen-bond acceptors (Lipinski definition) is 4. The fourth-order valence-electron chi connectivity index (χ4n) is 1.83. The highest BCUT2D eigenvalue weighted by atomic mass is 16.3. The van der Waals surface area contributed by atoms with Gasteiger partial charge in [-0.2, -0.15) is 0 Å². The number of pyridine rings is 1. The first kappa shape index (κ1) is 13.9. The lowest BCUT2D eigenvalue weighted by Crippen LogP contribution is -2.19. The van der Waals surface area contributed by atoms with Gasteiger partial charge in [0.1, 0.15) is 17.3 Å². The SMILES string of the molecule is CNC(=O)c1cccc(NCc2cc(C)ccc2O)n1. The number of carbonyl (C=O) groups is 1. The molecular weight excluding hydrogens is 254 g/mol. The van der Waals surface area contributed by atoms with Crippen molar-refractivity contribution < 1.29 is 9.90 Å². The molecule has 0 bridgehead atoms. The largest absolute Gasteiger partial charge is 0.508 e. The Balaban J connectivity index is 2.11. The van der Waals surface area contributed by atoms with E-state index >= 15 is 0 Å². The predicted molar refractivity (Wildman–Crippen MR) is 77.8 cm³/mol. The second kappa shape index (κ2) is 6.06. The monoisotopic (exact) mass is 271 g/mol. The number of hydrogen-bond donors (Lipinski definition) is 3.